The number of nitrogens with two attached hydrogens (primary N) is 1. The Kier molecular flexibility index (Phi) is 2.09. The van der Waals surface area contributed by atoms with E-state index in [0.29, 0.717) is 0 Å². The van der Waals surface area contributed by atoms with Gasteiger partial charge in [-0.2, -0.15) is 13.8 Å². The van der Waals surface area contributed by atoms with Crippen molar-refractivity contribution in [3.63, 3.8) is 0 Å². The number of hydrogen-bond donors (Lipinski definition) is 2. The topological polar surface area (TPSA) is 76.2 Å². The Hall–Kier alpha value is -1.79. The number of pyridine rings is 1. The fourth-order valence-electron chi connectivity index (χ4n) is 0.727. The largest absolute Gasteiger partial charge is 0.477 e. The summed E-state index contributed by atoms with van der Waals surface area (Å²) in [5, 5.41) is 8.31. The van der Waals surface area contributed by atoms with Crippen LogP contribution in [0.3, 0.4) is 0 Å². The molecule has 70 valence electrons. The summed E-state index contributed by atoms with van der Waals surface area (Å²) < 4.78 is 37.3. The van der Waals surface area contributed by atoms with Gasteiger partial charge in [0.15, 0.2) is 5.82 Å². The fourth-order valence-corrected chi connectivity index (χ4v) is 0.727. The summed E-state index contributed by atoms with van der Waals surface area (Å²) in [6, 6.07) is 0. The van der Waals surface area contributed by atoms with Crippen LogP contribution in [0.2, 0.25) is 0 Å². The quantitative estimate of drug-likeness (QED) is 0.644. The molecule has 1 rings (SSSR count). The van der Waals surface area contributed by atoms with Crippen molar-refractivity contribution in [3.05, 3.63) is 23.1 Å². The third kappa shape index (κ3) is 1.40. The van der Waals surface area contributed by atoms with Crippen LogP contribution in [0.25, 0.3) is 0 Å². The molecule has 0 amide bonds. The van der Waals surface area contributed by atoms with Gasteiger partial charge in [0.1, 0.15) is 11.4 Å². The predicted octanol–water partition coefficient (Wildman–Crippen LogP) is 0.779. The number of anilines is 1. The Morgan fingerprint density at radius 3 is 2.31 bits per heavy atom. The van der Waals surface area contributed by atoms with Gasteiger partial charge in [-0.25, -0.2) is 9.18 Å². The van der Waals surface area contributed by atoms with Gasteiger partial charge in [0.25, 0.3) is 5.95 Å². The summed E-state index contributed by atoms with van der Waals surface area (Å²) in [6.45, 7) is 0. The van der Waals surface area contributed by atoms with E-state index in [2.05, 4.69) is 4.98 Å². The monoisotopic (exact) mass is 192 g/mol. The molecule has 0 aliphatic carbocycles. The van der Waals surface area contributed by atoms with Crippen LogP contribution in [0.4, 0.5) is 19.0 Å². The smallest absolute Gasteiger partial charge is 0.342 e. The highest BCUT2D eigenvalue weighted by molar-refractivity contribution is 5.92. The maximum atomic E-state index is 12.7. The van der Waals surface area contributed by atoms with Gasteiger partial charge in [0.05, 0.1) is 0 Å². The number of carbonyl (C=O) groups is 1. The zero-order valence-corrected chi connectivity index (χ0v) is 6.01. The van der Waals surface area contributed by atoms with Gasteiger partial charge in [-0.3, -0.25) is 0 Å². The number of halogens is 3. The van der Waals surface area contributed by atoms with E-state index < -0.39 is 34.9 Å². The van der Waals surface area contributed by atoms with Crippen molar-refractivity contribution in [2.24, 2.45) is 0 Å². The first-order valence-corrected chi connectivity index (χ1v) is 2.98. The molecule has 0 saturated carbocycles. The Bertz CT molecular complexity index is 381. The predicted molar refractivity (Wildman–Crippen MR) is 35.5 cm³/mol. The zero-order chi connectivity index (χ0) is 10.2. The van der Waals surface area contributed by atoms with Crippen LogP contribution in [0.15, 0.2) is 0 Å². The second kappa shape index (κ2) is 2.92. The van der Waals surface area contributed by atoms with Crippen molar-refractivity contribution in [1.82, 2.24) is 4.98 Å². The highest BCUT2D eigenvalue weighted by atomic mass is 19.2. The van der Waals surface area contributed by atoms with Crippen molar-refractivity contribution in [2.75, 3.05) is 5.73 Å². The Balaban J connectivity index is 3.53. The minimum atomic E-state index is -1.95. The molecule has 1 heterocycles. The van der Waals surface area contributed by atoms with Gasteiger partial charge in [-0.15, -0.1) is 0 Å². The molecule has 0 aromatic carbocycles. The molecule has 0 bridgehead atoms. The second-order valence-corrected chi connectivity index (χ2v) is 2.10. The SMILES string of the molecule is Nc1nc(F)c(F)c(F)c1C(=O)O. The zero-order valence-electron chi connectivity index (χ0n) is 6.01. The van der Waals surface area contributed by atoms with Crippen LogP contribution >= 0.6 is 0 Å². The van der Waals surface area contributed by atoms with E-state index in [9.17, 15) is 18.0 Å². The third-order valence-electron chi connectivity index (χ3n) is 1.28. The van der Waals surface area contributed by atoms with Gasteiger partial charge in [-0.05, 0) is 0 Å². The highest BCUT2D eigenvalue weighted by Gasteiger charge is 2.23. The van der Waals surface area contributed by atoms with Crippen molar-refractivity contribution in [2.45, 2.75) is 0 Å². The van der Waals surface area contributed by atoms with E-state index in [-0.39, 0.29) is 0 Å². The summed E-state index contributed by atoms with van der Waals surface area (Å²) in [5.74, 6) is -8.27. The lowest BCUT2D eigenvalue weighted by Crippen LogP contribution is -2.12. The van der Waals surface area contributed by atoms with Gasteiger partial charge in [0, 0.05) is 0 Å². The molecule has 0 saturated heterocycles. The molecule has 0 fully saturated rings. The summed E-state index contributed by atoms with van der Waals surface area (Å²) in [7, 11) is 0. The van der Waals surface area contributed by atoms with E-state index in [1.165, 1.54) is 0 Å². The van der Waals surface area contributed by atoms with E-state index in [0.717, 1.165) is 0 Å². The van der Waals surface area contributed by atoms with Crippen molar-refractivity contribution in [3.8, 4) is 0 Å². The molecule has 0 aliphatic heterocycles. The minimum absolute atomic E-state index is 0.899. The maximum absolute atomic E-state index is 12.7. The van der Waals surface area contributed by atoms with Crippen molar-refractivity contribution >= 4 is 11.8 Å². The van der Waals surface area contributed by atoms with Gasteiger partial charge < -0.3 is 10.8 Å². The van der Waals surface area contributed by atoms with Crippen LogP contribution in [-0.4, -0.2) is 16.1 Å². The molecule has 3 N–H and O–H groups in total. The average molecular weight is 192 g/mol. The number of nitrogen functional groups attached to an aromatic ring is 1. The lowest BCUT2D eigenvalue weighted by Gasteiger charge is -2.02. The van der Waals surface area contributed by atoms with Crippen LogP contribution in [-0.2, 0) is 0 Å². The molecule has 1 aromatic heterocycles. The molecule has 7 heteroatoms. The minimum Gasteiger partial charge on any atom is -0.477 e. The molecule has 0 radical (unpaired) electrons. The Morgan fingerprint density at radius 2 is 1.85 bits per heavy atom. The molecular formula is C6H3F3N2O2. The Morgan fingerprint density at radius 1 is 1.31 bits per heavy atom. The van der Waals surface area contributed by atoms with E-state index in [1.807, 2.05) is 0 Å². The normalized spacial score (nSPS) is 10.1. The number of hydrogen-bond acceptors (Lipinski definition) is 3. The van der Waals surface area contributed by atoms with Crippen LogP contribution in [0, 0.1) is 17.6 Å². The average Bonchev–Trinajstić information content (AvgIpc) is 1.99. The Labute approximate surface area is 69.8 Å². The van der Waals surface area contributed by atoms with E-state index in [4.69, 9.17) is 10.8 Å². The number of nitrogens with zero attached hydrogens (tertiary/aromatic N) is 1. The second-order valence-electron chi connectivity index (χ2n) is 2.10. The van der Waals surface area contributed by atoms with Gasteiger partial charge in [-0.1, -0.05) is 0 Å². The molecule has 4 nitrogen and oxygen atoms in total. The maximum Gasteiger partial charge on any atom is 0.342 e. The van der Waals surface area contributed by atoms with Crippen molar-refractivity contribution in [1.29, 1.82) is 0 Å². The van der Waals surface area contributed by atoms with Crippen LogP contribution < -0.4 is 5.73 Å². The lowest BCUT2D eigenvalue weighted by molar-refractivity contribution is 0.0691. The number of rotatable bonds is 1. The van der Waals surface area contributed by atoms with E-state index in [1.54, 1.807) is 0 Å². The summed E-state index contributed by atoms with van der Waals surface area (Å²) in [4.78, 5) is 12.9. The lowest BCUT2D eigenvalue weighted by atomic mass is 10.2. The fraction of sp³-hybridized carbons (Fsp3) is 0. The van der Waals surface area contributed by atoms with Gasteiger partial charge >= 0.3 is 5.97 Å². The first-order chi connectivity index (χ1) is 5.95. The molecule has 0 spiro atoms. The van der Waals surface area contributed by atoms with E-state index >= 15 is 0 Å². The number of carboxylic acids is 1. The molecule has 0 aliphatic rings. The first kappa shape index (κ1) is 9.30. The number of carboxylic acid groups (broad SMARTS) is 1. The third-order valence-corrected chi connectivity index (χ3v) is 1.28. The first-order valence-electron chi connectivity index (χ1n) is 2.98. The summed E-state index contributed by atoms with van der Waals surface area (Å²) in [5.41, 5.74) is 3.69. The molecular weight excluding hydrogens is 189 g/mol. The molecule has 0 atom stereocenters. The number of aromatic nitrogens is 1. The van der Waals surface area contributed by atoms with Gasteiger partial charge in [0.2, 0.25) is 5.82 Å². The van der Waals surface area contributed by atoms with Crippen LogP contribution in [0.5, 0.6) is 0 Å². The summed E-state index contributed by atoms with van der Waals surface area (Å²) >= 11 is 0. The van der Waals surface area contributed by atoms with Crippen LogP contribution in [0.1, 0.15) is 10.4 Å². The highest BCUT2D eigenvalue weighted by Crippen LogP contribution is 2.18. The van der Waals surface area contributed by atoms with Crippen molar-refractivity contribution < 1.29 is 23.1 Å². The molecule has 0 unspecified atom stereocenters. The summed E-state index contributed by atoms with van der Waals surface area (Å²) in [6.07, 6.45) is 0. The standard InChI is InChI=1S/C6H3F3N2O2/c7-2-1(6(12)13)5(10)11-4(9)3(2)8/h(H2,10,11)(H,12,13). The molecule has 13 heavy (non-hydrogen) atoms. The molecule has 1 aromatic rings. The number of aromatic carboxylic acids is 1.